The van der Waals surface area contributed by atoms with Gasteiger partial charge in [0.05, 0.1) is 7.11 Å². The Bertz CT molecular complexity index is 656. The van der Waals surface area contributed by atoms with Crippen LogP contribution in [0.25, 0.3) is 0 Å². The molecule has 1 aliphatic heterocycles. The molecule has 0 unspecified atom stereocenters. The number of benzene rings is 1. The summed E-state index contributed by atoms with van der Waals surface area (Å²) in [5.41, 5.74) is 1.05. The summed E-state index contributed by atoms with van der Waals surface area (Å²) < 4.78 is 10.6. The van der Waals surface area contributed by atoms with Gasteiger partial charge in [-0.2, -0.15) is 0 Å². The molecular weight excluding hydrogens is 314 g/mol. The molecule has 3 rings (SSSR count). The number of hydrogen-bond acceptors (Lipinski definition) is 7. The normalized spacial score (nSPS) is 15.6. The van der Waals surface area contributed by atoms with Crippen LogP contribution in [0, 0.1) is 0 Å². The molecule has 0 aliphatic carbocycles. The second-order valence-corrected chi connectivity index (χ2v) is 6.66. The van der Waals surface area contributed by atoms with Crippen LogP contribution in [0.15, 0.2) is 18.2 Å². The van der Waals surface area contributed by atoms with E-state index in [4.69, 9.17) is 9.47 Å². The van der Waals surface area contributed by atoms with Crippen LogP contribution in [0.2, 0.25) is 0 Å². The highest BCUT2D eigenvalue weighted by Crippen LogP contribution is 2.33. The lowest BCUT2D eigenvalue weighted by Crippen LogP contribution is -2.16. The van der Waals surface area contributed by atoms with E-state index in [1.54, 1.807) is 24.5 Å². The minimum absolute atomic E-state index is 0.150. The third-order valence-corrected chi connectivity index (χ3v) is 5.19. The third kappa shape index (κ3) is 3.73. The Labute approximate surface area is 139 Å². The van der Waals surface area contributed by atoms with Crippen molar-refractivity contribution in [2.75, 3.05) is 32.3 Å². The summed E-state index contributed by atoms with van der Waals surface area (Å²) in [7, 11) is 3.54. The maximum atomic E-state index is 9.66. The van der Waals surface area contributed by atoms with Crippen molar-refractivity contribution in [2.24, 2.45) is 0 Å². The van der Waals surface area contributed by atoms with E-state index >= 15 is 0 Å². The van der Waals surface area contributed by atoms with Gasteiger partial charge < -0.3 is 19.5 Å². The molecular formula is C16H21N3O3S. The molecule has 0 bridgehead atoms. The topological polar surface area (TPSA) is 67.7 Å². The minimum Gasteiger partial charge on any atom is -0.504 e. The SMILES string of the molecule is COc1cc(CN(C)c2nnc(C3CCOCC3)s2)ccc1O. The van der Waals surface area contributed by atoms with Crippen molar-refractivity contribution >= 4 is 16.5 Å². The fourth-order valence-electron chi connectivity index (χ4n) is 2.65. The van der Waals surface area contributed by atoms with E-state index in [0.29, 0.717) is 18.2 Å². The van der Waals surface area contributed by atoms with Gasteiger partial charge >= 0.3 is 0 Å². The van der Waals surface area contributed by atoms with Crippen molar-refractivity contribution in [3.8, 4) is 11.5 Å². The zero-order valence-corrected chi connectivity index (χ0v) is 14.2. The fourth-order valence-corrected chi connectivity index (χ4v) is 3.63. The maximum absolute atomic E-state index is 9.66. The van der Waals surface area contributed by atoms with E-state index in [1.165, 1.54) is 0 Å². The minimum atomic E-state index is 0.150. The van der Waals surface area contributed by atoms with Crippen molar-refractivity contribution < 1.29 is 14.6 Å². The molecule has 0 atom stereocenters. The van der Waals surface area contributed by atoms with Crippen LogP contribution >= 0.6 is 11.3 Å². The van der Waals surface area contributed by atoms with Gasteiger partial charge in [0.1, 0.15) is 5.01 Å². The van der Waals surface area contributed by atoms with E-state index in [0.717, 1.165) is 41.8 Å². The summed E-state index contributed by atoms with van der Waals surface area (Å²) in [6.07, 6.45) is 2.04. The monoisotopic (exact) mass is 335 g/mol. The Morgan fingerprint density at radius 2 is 2.13 bits per heavy atom. The van der Waals surface area contributed by atoms with E-state index in [-0.39, 0.29) is 5.75 Å². The lowest BCUT2D eigenvalue weighted by atomic mass is 10.0. The Kier molecular flexibility index (Phi) is 4.97. The van der Waals surface area contributed by atoms with Gasteiger partial charge in [0.2, 0.25) is 5.13 Å². The highest BCUT2D eigenvalue weighted by molar-refractivity contribution is 7.15. The van der Waals surface area contributed by atoms with Gasteiger partial charge in [0.15, 0.2) is 11.5 Å². The first-order valence-electron chi connectivity index (χ1n) is 7.65. The Morgan fingerprint density at radius 3 is 2.87 bits per heavy atom. The van der Waals surface area contributed by atoms with Crippen LogP contribution in [0.5, 0.6) is 11.5 Å². The molecule has 1 saturated heterocycles. The molecule has 1 aromatic carbocycles. The fraction of sp³-hybridized carbons (Fsp3) is 0.500. The zero-order valence-electron chi connectivity index (χ0n) is 13.4. The standard InChI is InChI=1S/C16H21N3O3S/c1-19(10-11-3-4-13(20)14(9-11)21-2)16-18-17-15(23-16)12-5-7-22-8-6-12/h3-4,9,12,20H,5-8,10H2,1-2H3. The number of anilines is 1. The molecule has 6 nitrogen and oxygen atoms in total. The van der Waals surface area contributed by atoms with E-state index < -0.39 is 0 Å². The number of ether oxygens (including phenoxy) is 2. The van der Waals surface area contributed by atoms with Gasteiger partial charge in [-0.05, 0) is 30.5 Å². The summed E-state index contributed by atoms with van der Waals surface area (Å²) >= 11 is 1.65. The lowest BCUT2D eigenvalue weighted by molar-refractivity contribution is 0.0851. The van der Waals surface area contributed by atoms with Crippen LogP contribution < -0.4 is 9.64 Å². The lowest BCUT2D eigenvalue weighted by Gasteiger charge is -2.19. The number of nitrogens with zero attached hydrogens (tertiary/aromatic N) is 3. The summed E-state index contributed by atoms with van der Waals surface area (Å²) in [4.78, 5) is 2.06. The van der Waals surface area contributed by atoms with Crippen molar-refractivity contribution in [3.05, 3.63) is 28.8 Å². The number of methoxy groups -OCH3 is 1. The maximum Gasteiger partial charge on any atom is 0.208 e. The smallest absolute Gasteiger partial charge is 0.208 e. The quantitative estimate of drug-likeness (QED) is 0.906. The van der Waals surface area contributed by atoms with Crippen LogP contribution in [-0.2, 0) is 11.3 Å². The number of aromatic nitrogens is 2. The molecule has 2 aromatic rings. The van der Waals surface area contributed by atoms with E-state index in [1.807, 2.05) is 19.2 Å². The molecule has 2 heterocycles. The number of phenols is 1. The third-order valence-electron chi connectivity index (χ3n) is 3.99. The number of phenolic OH excluding ortho intramolecular Hbond substituents is 1. The second kappa shape index (κ2) is 7.14. The second-order valence-electron chi connectivity index (χ2n) is 5.67. The molecule has 1 aromatic heterocycles. The van der Waals surface area contributed by atoms with E-state index in [2.05, 4.69) is 15.1 Å². The van der Waals surface area contributed by atoms with Gasteiger partial charge in [0.25, 0.3) is 0 Å². The Balaban J connectivity index is 1.68. The number of hydrogen-bond donors (Lipinski definition) is 1. The average Bonchev–Trinajstić information content (AvgIpc) is 3.07. The Morgan fingerprint density at radius 1 is 1.35 bits per heavy atom. The van der Waals surface area contributed by atoms with Crippen molar-refractivity contribution in [1.29, 1.82) is 0 Å². The largest absolute Gasteiger partial charge is 0.504 e. The molecule has 23 heavy (non-hydrogen) atoms. The first kappa shape index (κ1) is 16.0. The zero-order chi connectivity index (χ0) is 16.2. The summed E-state index contributed by atoms with van der Waals surface area (Å²) in [6.45, 7) is 2.30. The molecule has 0 saturated carbocycles. The summed E-state index contributed by atoms with van der Waals surface area (Å²) in [5.74, 6) is 1.10. The first-order valence-corrected chi connectivity index (χ1v) is 8.47. The highest BCUT2D eigenvalue weighted by Gasteiger charge is 2.21. The predicted octanol–water partition coefficient (Wildman–Crippen LogP) is 2.78. The average molecular weight is 335 g/mol. The van der Waals surface area contributed by atoms with Crippen molar-refractivity contribution in [1.82, 2.24) is 10.2 Å². The molecule has 7 heteroatoms. The van der Waals surface area contributed by atoms with Crippen LogP contribution in [0.1, 0.15) is 29.3 Å². The van der Waals surface area contributed by atoms with Crippen molar-refractivity contribution in [2.45, 2.75) is 25.3 Å². The summed E-state index contributed by atoms with van der Waals surface area (Å²) in [5, 5.41) is 20.3. The molecule has 1 N–H and O–H groups in total. The molecule has 124 valence electrons. The molecule has 1 fully saturated rings. The van der Waals surface area contributed by atoms with Crippen LogP contribution in [0.3, 0.4) is 0 Å². The molecule has 0 spiro atoms. The van der Waals surface area contributed by atoms with Gasteiger partial charge in [-0.3, -0.25) is 0 Å². The van der Waals surface area contributed by atoms with Crippen molar-refractivity contribution in [3.63, 3.8) is 0 Å². The van der Waals surface area contributed by atoms with Gasteiger partial charge in [-0.25, -0.2) is 0 Å². The number of aromatic hydroxyl groups is 1. The number of rotatable bonds is 5. The summed E-state index contributed by atoms with van der Waals surface area (Å²) in [6, 6.07) is 5.37. The molecule has 0 amide bonds. The Hall–Kier alpha value is -1.86. The van der Waals surface area contributed by atoms with E-state index in [9.17, 15) is 5.11 Å². The first-order chi connectivity index (χ1) is 11.2. The predicted molar refractivity (Wildman–Crippen MR) is 89.5 cm³/mol. The molecule has 1 aliphatic rings. The highest BCUT2D eigenvalue weighted by atomic mass is 32.1. The van der Waals surface area contributed by atoms with Crippen LogP contribution in [0.4, 0.5) is 5.13 Å². The van der Waals surface area contributed by atoms with Gasteiger partial charge in [-0.1, -0.05) is 17.4 Å². The van der Waals surface area contributed by atoms with Crippen LogP contribution in [-0.4, -0.2) is 42.7 Å². The van der Waals surface area contributed by atoms with Gasteiger partial charge in [-0.15, -0.1) is 10.2 Å². The molecule has 0 radical (unpaired) electrons. The van der Waals surface area contributed by atoms with Gasteiger partial charge in [0, 0.05) is 32.7 Å².